The van der Waals surface area contributed by atoms with Gasteiger partial charge < -0.3 is 10.5 Å². The highest BCUT2D eigenvalue weighted by molar-refractivity contribution is 6.32. The van der Waals surface area contributed by atoms with E-state index in [1.54, 1.807) is 0 Å². The van der Waals surface area contributed by atoms with Gasteiger partial charge >= 0.3 is 0 Å². The van der Waals surface area contributed by atoms with Crippen LogP contribution in [0.25, 0.3) is 0 Å². The van der Waals surface area contributed by atoms with Gasteiger partial charge in [0.2, 0.25) is 5.88 Å². The summed E-state index contributed by atoms with van der Waals surface area (Å²) in [5.41, 5.74) is 5.77. The molecule has 0 radical (unpaired) electrons. The Morgan fingerprint density at radius 3 is 3.08 bits per heavy atom. The molecule has 0 saturated carbocycles. The van der Waals surface area contributed by atoms with E-state index in [0.717, 1.165) is 0 Å². The maximum absolute atomic E-state index is 5.63. The van der Waals surface area contributed by atoms with Gasteiger partial charge in [-0.05, 0) is 0 Å². The standard InChI is InChI=1S/C8H8ClN3O/c1-2-3-4-13-8-6(10)7(9)11-5-12-8/h1,5H,3-4,10H2. The summed E-state index contributed by atoms with van der Waals surface area (Å²) >= 11 is 5.63. The molecule has 0 aliphatic rings. The van der Waals surface area contributed by atoms with E-state index in [1.165, 1.54) is 6.33 Å². The molecule has 5 heteroatoms. The molecule has 0 unspecified atom stereocenters. The Morgan fingerprint density at radius 2 is 2.38 bits per heavy atom. The van der Waals surface area contributed by atoms with E-state index in [4.69, 9.17) is 28.5 Å². The molecule has 0 fully saturated rings. The summed E-state index contributed by atoms with van der Waals surface area (Å²) in [6.45, 7) is 0.369. The van der Waals surface area contributed by atoms with Crippen molar-refractivity contribution in [2.75, 3.05) is 12.3 Å². The van der Waals surface area contributed by atoms with Gasteiger partial charge in [-0.25, -0.2) is 4.98 Å². The second-order valence-electron chi connectivity index (χ2n) is 2.19. The van der Waals surface area contributed by atoms with Crippen LogP contribution in [-0.4, -0.2) is 16.6 Å². The molecule has 0 aliphatic carbocycles. The van der Waals surface area contributed by atoms with Crippen LogP contribution in [0.2, 0.25) is 5.15 Å². The van der Waals surface area contributed by atoms with Gasteiger partial charge in [-0.3, -0.25) is 0 Å². The van der Waals surface area contributed by atoms with Crippen molar-refractivity contribution < 1.29 is 4.74 Å². The predicted octanol–water partition coefficient (Wildman–Crippen LogP) is 1.11. The Kier molecular flexibility index (Phi) is 3.35. The number of nitrogens with two attached hydrogens (primary N) is 1. The van der Waals surface area contributed by atoms with E-state index in [1.807, 2.05) is 0 Å². The number of nitrogen functional groups attached to an aromatic ring is 1. The molecule has 4 nitrogen and oxygen atoms in total. The Morgan fingerprint density at radius 1 is 1.62 bits per heavy atom. The molecule has 2 N–H and O–H groups in total. The van der Waals surface area contributed by atoms with Crippen molar-refractivity contribution in [3.63, 3.8) is 0 Å². The van der Waals surface area contributed by atoms with Crippen LogP contribution in [0, 0.1) is 12.3 Å². The fourth-order valence-electron chi connectivity index (χ4n) is 0.681. The van der Waals surface area contributed by atoms with Gasteiger partial charge in [-0.15, -0.1) is 12.3 Å². The molecule has 1 heterocycles. The third kappa shape index (κ3) is 2.49. The molecule has 0 amide bonds. The number of halogens is 1. The third-order valence-corrected chi connectivity index (χ3v) is 1.59. The van der Waals surface area contributed by atoms with Crippen molar-refractivity contribution in [1.82, 2.24) is 9.97 Å². The van der Waals surface area contributed by atoms with E-state index in [-0.39, 0.29) is 16.7 Å². The van der Waals surface area contributed by atoms with Crippen LogP contribution < -0.4 is 10.5 Å². The highest BCUT2D eigenvalue weighted by Crippen LogP contribution is 2.23. The number of anilines is 1. The van der Waals surface area contributed by atoms with Crippen molar-refractivity contribution in [1.29, 1.82) is 0 Å². The molecule has 68 valence electrons. The lowest BCUT2D eigenvalue weighted by molar-refractivity contribution is 0.316. The Bertz CT molecular complexity index is 335. The van der Waals surface area contributed by atoms with Crippen molar-refractivity contribution in [2.45, 2.75) is 6.42 Å². The normalized spacial score (nSPS) is 9.23. The zero-order chi connectivity index (χ0) is 9.68. The maximum Gasteiger partial charge on any atom is 0.241 e. The van der Waals surface area contributed by atoms with E-state index in [0.29, 0.717) is 13.0 Å². The monoisotopic (exact) mass is 197 g/mol. The molecule has 1 aromatic rings. The van der Waals surface area contributed by atoms with Crippen molar-refractivity contribution in [3.8, 4) is 18.2 Å². The van der Waals surface area contributed by atoms with Crippen LogP contribution in [-0.2, 0) is 0 Å². The first kappa shape index (κ1) is 9.62. The number of hydrogen-bond donors (Lipinski definition) is 1. The zero-order valence-electron chi connectivity index (χ0n) is 6.83. The Labute approximate surface area is 81.1 Å². The largest absolute Gasteiger partial charge is 0.475 e. The number of rotatable bonds is 3. The summed E-state index contributed by atoms with van der Waals surface area (Å²) in [6.07, 6.45) is 6.82. The Hall–Kier alpha value is -1.47. The lowest BCUT2D eigenvalue weighted by Crippen LogP contribution is -2.02. The van der Waals surface area contributed by atoms with E-state index < -0.39 is 0 Å². The number of aromatic nitrogens is 2. The first-order valence-corrected chi connectivity index (χ1v) is 3.95. The fourth-order valence-corrected chi connectivity index (χ4v) is 0.805. The van der Waals surface area contributed by atoms with Crippen LogP contribution in [0.5, 0.6) is 5.88 Å². The summed E-state index contributed by atoms with van der Waals surface area (Å²) in [6, 6.07) is 0. The second kappa shape index (κ2) is 4.53. The highest BCUT2D eigenvalue weighted by atomic mass is 35.5. The minimum Gasteiger partial charge on any atom is -0.475 e. The SMILES string of the molecule is C#CCCOc1ncnc(Cl)c1N. The molecular formula is C8H8ClN3O. The zero-order valence-corrected chi connectivity index (χ0v) is 7.58. The topological polar surface area (TPSA) is 61.0 Å². The van der Waals surface area contributed by atoms with Crippen molar-refractivity contribution >= 4 is 17.3 Å². The van der Waals surface area contributed by atoms with Gasteiger partial charge in [0.1, 0.15) is 18.6 Å². The number of ether oxygens (including phenoxy) is 1. The van der Waals surface area contributed by atoms with Gasteiger partial charge in [-0.1, -0.05) is 11.6 Å². The van der Waals surface area contributed by atoms with Crippen molar-refractivity contribution in [3.05, 3.63) is 11.5 Å². The minimum atomic E-state index is 0.186. The van der Waals surface area contributed by atoms with Gasteiger partial charge in [-0.2, -0.15) is 4.98 Å². The van der Waals surface area contributed by atoms with Crippen LogP contribution >= 0.6 is 11.6 Å². The molecular weight excluding hydrogens is 190 g/mol. The second-order valence-corrected chi connectivity index (χ2v) is 2.54. The first-order valence-electron chi connectivity index (χ1n) is 3.58. The van der Waals surface area contributed by atoms with Crippen LogP contribution in [0.4, 0.5) is 5.69 Å². The highest BCUT2D eigenvalue weighted by Gasteiger charge is 2.05. The Balaban J connectivity index is 2.67. The smallest absolute Gasteiger partial charge is 0.241 e. The molecule has 0 spiro atoms. The molecule has 1 aromatic heterocycles. The number of nitrogens with zero attached hydrogens (tertiary/aromatic N) is 2. The molecule has 0 saturated heterocycles. The average Bonchev–Trinajstić information content (AvgIpc) is 2.13. The minimum absolute atomic E-state index is 0.186. The summed E-state index contributed by atoms with van der Waals surface area (Å²) in [5, 5.41) is 0.186. The van der Waals surface area contributed by atoms with Gasteiger partial charge in [0, 0.05) is 6.42 Å². The summed E-state index contributed by atoms with van der Waals surface area (Å²) in [7, 11) is 0. The number of hydrogen-bond acceptors (Lipinski definition) is 4. The van der Waals surface area contributed by atoms with Gasteiger partial charge in [0.25, 0.3) is 0 Å². The lowest BCUT2D eigenvalue weighted by atomic mass is 10.5. The van der Waals surface area contributed by atoms with E-state index in [2.05, 4.69) is 15.9 Å². The first-order chi connectivity index (χ1) is 6.25. The van der Waals surface area contributed by atoms with Crippen LogP contribution in [0.3, 0.4) is 0 Å². The quantitative estimate of drug-likeness (QED) is 0.448. The predicted molar refractivity (Wildman–Crippen MR) is 50.4 cm³/mol. The van der Waals surface area contributed by atoms with Gasteiger partial charge in [0.05, 0.1) is 0 Å². The van der Waals surface area contributed by atoms with Crippen LogP contribution in [0.1, 0.15) is 6.42 Å². The van der Waals surface area contributed by atoms with E-state index in [9.17, 15) is 0 Å². The molecule has 0 aromatic carbocycles. The van der Waals surface area contributed by atoms with Crippen LogP contribution in [0.15, 0.2) is 6.33 Å². The maximum atomic E-state index is 5.63. The molecule has 0 bridgehead atoms. The fraction of sp³-hybridized carbons (Fsp3) is 0.250. The summed E-state index contributed by atoms with van der Waals surface area (Å²) < 4.78 is 5.15. The summed E-state index contributed by atoms with van der Waals surface area (Å²) in [5.74, 6) is 2.70. The molecule has 0 atom stereocenters. The lowest BCUT2D eigenvalue weighted by Gasteiger charge is -2.05. The molecule has 0 aliphatic heterocycles. The molecule has 13 heavy (non-hydrogen) atoms. The van der Waals surface area contributed by atoms with Crippen molar-refractivity contribution in [2.24, 2.45) is 0 Å². The third-order valence-electron chi connectivity index (χ3n) is 1.28. The summed E-state index contributed by atoms with van der Waals surface area (Å²) in [4.78, 5) is 7.48. The van der Waals surface area contributed by atoms with E-state index >= 15 is 0 Å². The van der Waals surface area contributed by atoms with Gasteiger partial charge in [0.15, 0.2) is 5.15 Å². The average molecular weight is 198 g/mol. The number of terminal acetylenes is 1. The molecule has 1 rings (SSSR count).